The van der Waals surface area contributed by atoms with Crippen LogP contribution in [0.5, 0.6) is 0 Å². The average Bonchev–Trinajstić information content (AvgIpc) is 2.35. The third-order valence-electron chi connectivity index (χ3n) is 3.12. The van der Waals surface area contributed by atoms with Crippen LogP contribution in [0.15, 0.2) is 24.3 Å². The molecule has 0 spiro atoms. The van der Waals surface area contributed by atoms with Crippen LogP contribution in [0.3, 0.4) is 0 Å². The van der Waals surface area contributed by atoms with Gasteiger partial charge in [0.05, 0.1) is 11.6 Å². The zero-order valence-electron chi connectivity index (χ0n) is 11.0. The molecule has 0 aliphatic carbocycles. The summed E-state index contributed by atoms with van der Waals surface area (Å²) in [7, 11) is 0. The third-order valence-corrected chi connectivity index (χ3v) is 3.12. The van der Waals surface area contributed by atoms with Crippen molar-refractivity contribution < 1.29 is 14.0 Å². The van der Waals surface area contributed by atoms with Crippen LogP contribution in [0.2, 0.25) is 0 Å². The number of rotatable bonds is 3. The largest absolute Gasteiger partial charge is 0.337 e. The number of hydrogen-bond donors (Lipinski definition) is 1. The van der Waals surface area contributed by atoms with Crippen molar-refractivity contribution in [3.8, 4) is 0 Å². The van der Waals surface area contributed by atoms with Crippen LogP contribution in [0.4, 0.5) is 14.9 Å². The summed E-state index contributed by atoms with van der Waals surface area (Å²) >= 11 is 0. The second kappa shape index (κ2) is 5.38. The van der Waals surface area contributed by atoms with Gasteiger partial charge in [-0.3, -0.25) is 4.79 Å². The molecule has 1 saturated heterocycles. The van der Waals surface area contributed by atoms with Crippen molar-refractivity contribution in [3.05, 3.63) is 30.1 Å². The number of anilines is 1. The number of amides is 3. The van der Waals surface area contributed by atoms with E-state index in [1.807, 2.05) is 13.8 Å². The highest BCUT2D eigenvalue weighted by Crippen LogP contribution is 2.25. The topological polar surface area (TPSA) is 49.4 Å². The lowest BCUT2D eigenvalue weighted by Crippen LogP contribution is -2.55. The summed E-state index contributed by atoms with van der Waals surface area (Å²) in [4.78, 5) is 25.0. The van der Waals surface area contributed by atoms with Crippen molar-refractivity contribution in [1.82, 2.24) is 5.32 Å². The maximum absolute atomic E-state index is 13.7. The Morgan fingerprint density at radius 1 is 1.37 bits per heavy atom. The van der Waals surface area contributed by atoms with Gasteiger partial charge in [-0.1, -0.05) is 26.0 Å². The lowest BCUT2D eigenvalue weighted by Gasteiger charge is -2.32. The molecule has 102 valence electrons. The Kier molecular flexibility index (Phi) is 3.83. The Balaban J connectivity index is 2.30. The first kappa shape index (κ1) is 13.5. The van der Waals surface area contributed by atoms with Crippen LogP contribution in [0.1, 0.15) is 20.3 Å². The molecule has 1 atom stereocenters. The molecule has 1 fully saturated rings. The Morgan fingerprint density at radius 2 is 2.05 bits per heavy atom. The third kappa shape index (κ3) is 2.75. The highest BCUT2D eigenvalue weighted by molar-refractivity contribution is 6.16. The predicted molar refractivity (Wildman–Crippen MR) is 70.2 cm³/mol. The van der Waals surface area contributed by atoms with Crippen LogP contribution >= 0.6 is 0 Å². The lowest BCUT2D eigenvalue weighted by atomic mass is 9.94. The molecule has 1 heterocycles. The smallest absolute Gasteiger partial charge is 0.328 e. The van der Waals surface area contributed by atoms with Crippen molar-refractivity contribution in [2.45, 2.75) is 20.3 Å². The summed E-state index contributed by atoms with van der Waals surface area (Å²) in [6, 6.07) is 5.24. The van der Waals surface area contributed by atoms with Gasteiger partial charge in [0, 0.05) is 6.54 Å². The van der Waals surface area contributed by atoms with E-state index in [0.717, 1.165) is 4.90 Å². The fourth-order valence-electron chi connectivity index (χ4n) is 2.27. The molecule has 1 aromatic rings. The van der Waals surface area contributed by atoms with E-state index in [2.05, 4.69) is 5.32 Å². The number of hydrogen-bond acceptors (Lipinski definition) is 2. The molecule has 0 radical (unpaired) electrons. The van der Waals surface area contributed by atoms with Gasteiger partial charge in [-0.05, 0) is 24.5 Å². The molecule has 1 aliphatic rings. The Hall–Kier alpha value is -1.91. The van der Waals surface area contributed by atoms with Gasteiger partial charge >= 0.3 is 6.03 Å². The van der Waals surface area contributed by atoms with Crippen LogP contribution in [-0.4, -0.2) is 18.5 Å². The van der Waals surface area contributed by atoms with Crippen molar-refractivity contribution in [3.63, 3.8) is 0 Å². The van der Waals surface area contributed by atoms with Gasteiger partial charge in [-0.25, -0.2) is 14.1 Å². The number of para-hydroxylation sites is 1. The van der Waals surface area contributed by atoms with E-state index in [4.69, 9.17) is 0 Å². The molecule has 3 amide bonds. The van der Waals surface area contributed by atoms with E-state index in [1.54, 1.807) is 6.07 Å². The maximum Gasteiger partial charge on any atom is 0.328 e. The van der Waals surface area contributed by atoms with Gasteiger partial charge in [-0.2, -0.15) is 0 Å². The summed E-state index contributed by atoms with van der Waals surface area (Å²) in [6.07, 6.45) is 0.671. The summed E-state index contributed by atoms with van der Waals surface area (Å²) in [5.74, 6) is -0.859. The fourth-order valence-corrected chi connectivity index (χ4v) is 2.27. The number of urea groups is 1. The minimum atomic E-state index is -0.573. The summed E-state index contributed by atoms with van der Waals surface area (Å²) < 4.78 is 13.7. The quantitative estimate of drug-likeness (QED) is 0.912. The fraction of sp³-hybridized carbons (Fsp3) is 0.429. The summed E-state index contributed by atoms with van der Waals surface area (Å²) in [5, 5.41) is 2.64. The normalized spacial score (nSPS) is 19.8. The maximum atomic E-state index is 13.7. The lowest BCUT2D eigenvalue weighted by molar-refractivity contribution is -0.122. The molecule has 5 heteroatoms. The second-order valence-corrected chi connectivity index (χ2v) is 5.14. The minimum Gasteiger partial charge on any atom is -0.337 e. The van der Waals surface area contributed by atoms with Gasteiger partial charge in [-0.15, -0.1) is 0 Å². The first-order valence-electron chi connectivity index (χ1n) is 6.37. The molecule has 0 bridgehead atoms. The van der Waals surface area contributed by atoms with Crippen LogP contribution in [-0.2, 0) is 4.79 Å². The van der Waals surface area contributed by atoms with Crippen LogP contribution < -0.4 is 10.2 Å². The van der Waals surface area contributed by atoms with Gasteiger partial charge in [0.15, 0.2) is 0 Å². The van der Waals surface area contributed by atoms with E-state index < -0.39 is 11.8 Å². The highest BCUT2D eigenvalue weighted by Gasteiger charge is 2.36. The molecule has 0 aromatic heterocycles. The molecule has 1 aromatic carbocycles. The van der Waals surface area contributed by atoms with Gasteiger partial charge in [0.25, 0.3) is 0 Å². The average molecular weight is 264 g/mol. The van der Waals surface area contributed by atoms with E-state index >= 15 is 0 Å². The SMILES string of the molecule is CC(C)CC1CNC(=O)N(c2ccccc2F)C1=O. The van der Waals surface area contributed by atoms with Crippen LogP contribution in [0, 0.1) is 17.7 Å². The zero-order chi connectivity index (χ0) is 14.0. The molecule has 1 unspecified atom stereocenters. The number of nitrogens with one attached hydrogen (secondary N) is 1. The second-order valence-electron chi connectivity index (χ2n) is 5.14. The predicted octanol–water partition coefficient (Wildman–Crippen LogP) is 2.54. The Bertz CT molecular complexity index is 502. The zero-order valence-corrected chi connectivity index (χ0v) is 11.0. The Labute approximate surface area is 111 Å². The van der Waals surface area contributed by atoms with Crippen LogP contribution in [0.25, 0.3) is 0 Å². The number of imide groups is 1. The summed E-state index contributed by atoms with van der Waals surface area (Å²) in [5.41, 5.74) is 0.0125. The van der Waals surface area contributed by atoms with Crippen molar-refractivity contribution in [2.75, 3.05) is 11.4 Å². The number of nitrogens with zero attached hydrogens (tertiary/aromatic N) is 1. The summed E-state index contributed by atoms with van der Waals surface area (Å²) in [6.45, 7) is 4.34. The molecule has 2 rings (SSSR count). The van der Waals surface area contributed by atoms with Gasteiger partial charge < -0.3 is 5.32 Å². The van der Waals surface area contributed by atoms with Crippen molar-refractivity contribution in [1.29, 1.82) is 0 Å². The molecule has 0 saturated carbocycles. The number of carbonyl (C=O) groups excluding carboxylic acids is 2. The van der Waals surface area contributed by atoms with Gasteiger partial charge in [0.2, 0.25) is 5.91 Å². The number of carbonyl (C=O) groups is 2. The first-order valence-corrected chi connectivity index (χ1v) is 6.37. The van der Waals surface area contributed by atoms with Gasteiger partial charge in [0.1, 0.15) is 5.82 Å². The number of benzene rings is 1. The number of halogens is 1. The van der Waals surface area contributed by atoms with E-state index in [0.29, 0.717) is 18.9 Å². The molecule has 4 nitrogen and oxygen atoms in total. The molecular weight excluding hydrogens is 247 g/mol. The molecular formula is C14H17FN2O2. The van der Waals surface area contributed by atoms with Crippen molar-refractivity contribution in [2.24, 2.45) is 11.8 Å². The van der Waals surface area contributed by atoms with E-state index in [9.17, 15) is 14.0 Å². The van der Waals surface area contributed by atoms with E-state index in [1.165, 1.54) is 18.2 Å². The molecule has 19 heavy (non-hydrogen) atoms. The van der Waals surface area contributed by atoms with E-state index in [-0.39, 0.29) is 17.5 Å². The monoisotopic (exact) mass is 264 g/mol. The standard InChI is InChI=1S/C14H17FN2O2/c1-9(2)7-10-8-16-14(19)17(13(10)18)12-6-4-3-5-11(12)15/h3-6,9-10H,7-8H2,1-2H3,(H,16,19). The minimum absolute atomic E-state index is 0.0125. The first-order chi connectivity index (χ1) is 9.00. The highest BCUT2D eigenvalue weighted by atomic mass is 19.1. The van der Waals surface area contributed by atoms with Crippen molar-refractivity contribution >= 4 is 17.6 Å². The molecule has 1 N–H and O–H groups in total. The molecule has 1 aliphatic heterocycles. The Morgan fingerprint density at radius 3 is 2.68 bits per heavy atom.